The van der Waals surface area contributed by atoms with Crippen LogP contribution in [0.2, 0.25) is 0 Å². The van der Waals surface area contributed by atoms with Gasteiger partial charge in [-0.15, -0.1) is 0 Å². The van der Waals surface area contributed by atoms with E-state index in [9.17, 15) is 14.7 Å². The molecule has 6 heteroatoms. The van der Waals surface area contributed by atoms with Crippen LogP contribution in [0.4, 0.5) is 0 Å². The molecule has 0 bridgehead atoms. The van der Waals surface area contributed by atoms with E-state index < -0.39 is 22.8 Å². The first-order chi connectivity index (χ1) is 8.37. The van der Waals surface area contributed by atoms with Gasteiger partial charge in [0.2, 0.25) is 0 Å². The van der Waals surface area contributed by atoms with E-state index in [1.54, 1.807) is 13.8 Å². The van der Waals surface area contributed by atoms with Crippen LogP contribution in [0.5, 0.6) is 0 Å². The molecule has 0 aliphatic heterocycles. The van der Waals surface area contributed by atoms with Crippen LogP contribution in [0.15, 0.2) is 15.8 Å². The first-order valence-electron chi connectivity index (χ1n) is 5.79. The van der Waals surface area contributed by atoms with Gasteiger partial charge in [0.15, 0.2) is 0 Å². The van der Waals surface area contributed by atoms with Gasteiger partial charge in [-0.3, -0.25) is 14.3 Å². The SMILES string of the molecule is Cc1cn([C@H]2C[C@H](O)[C@](C)(C#N)C2)c(=O)[nH]c1=O. The second kappa shape index (κ2) is 4.10. The maximum absolute atomic E-state index is 11.7. The standard InChI is InChI=1S/C12H15N3O3/c1-7-5-15(11(18)14-10(7)17)8-3-9(16)12(2,4-8)6-13/h5,8-9,16H,3-4H2,1-2H3,(H,14,17,18)/t8-,9-,12-/m0/s1. The predicted octanol–water partition coefficient (Wildman–Crippen LogP) is 0.0707. The van der Waals surface area contributed by atoms with Crippen molar-refractivity contribution < 1.29 is 5.11 Å². The van der Waals surface area contributed by atoms with Crippen LogP contribution >= 0.6 is 0 Å². The summed E-state index contributed by atoms with van der Waals surface area (Å²) in [6.45, 7) is 3.30. The number of hydrogen-bond acceptors (Lipinski definition) is 4. The smallest absolute Gasteiger partial charge is 0.328 e. The summed E-state index contributed by atoms with van der Waals surface area (Å²) in [6, 6.07) is 1.84. The third-order valence-electron chi connectivity index (χ3n) is 3.69. The zero-order valence-electron chi connectivity index (χ0n) is 10.3. The molecule has 96 valence electrons. The first-order valence-corrected chi connectivity index (χ1v) is 5.79. The van der Waals surface area contributed by atoms with Crippen LogP contribution in [0.25, 0.3) is 0 Å². The number of rotatable bonds is 1. The average molecular weight is 249 g/mol. The van der Waals surface area contributed by atoms with Crippen molar-refractivity contribution in [1.29, 1.82) is 5.26 Å². The molecule has 2 N–H and O–H groups in total. The highest BCUT2D eigenvalue weighted by Gasteiger charge is 2.44. The summed E-state index contributed by atoms with van der Waals surface area (Å²) >= 11 is 0. The summed E-state index contributed by atoms with van der Waals surface area (Å²) in [4.78, 5) is 25.2. The lowest BCUT2D eigenvalue weighted by molar-refractivity contribution is 0.103. The molecule has 2 rings (SSSR count). The van der Waals surface area contributed by atoms with Crippen LogP contribution in [0, 0.1) is 23.7 Å². The van der Waals surface area contributed by atoms with E-state index in [0.29, 0.717) is 18.4 Å². The van der Waals surface area contributed by atoms with E-state index in [0.717, 1.165) is 0 Å². The van der Waals surface area contributed by atoms with Crippen LogP contribution in [-0.2, 0) is 0 Å². The second-order valence-electron chi connectivity index (χ2n) is 5.12. The molecule has 1 fully saturated rings. The summed E-state index contributed by atoms with van der Waals surface area (Å²) in [5.41, 5.74) is -1.30. The first kappa shape index (κ1) is 12.6. The molecule has 1 aromatic rings. The largest absolute Gasteiger partial charge is 0.391 e. The molecule has 0 aromatic carbocycles. The Morgan fingerprint density at radius 2 is 2.28 bits per heavy atom. The van der Waals surface area contributed by atoms with E-state index >= 15 is 0 Å². The Bertz CT molecular complexity index is 625. The van der Waals surface area contributed by atoms with Gasteiger partial charge in [0, 0.05) is 17.8 Å². The highest BCUT2D eigenvalue weighted by Crippen LogP contribution is 2.43. The van der Waals surface area contributed by atoms with Gasteiger partial charge in [-0.2, -0.15) is 5.26 Å². The van der Waals surface area contributed by atoms with Gasteiger partial charge in [-0.05, 0) is 26.7 Å². The molecule has 3 atom stereocenters. The van der Waals surface area contributed by atoms with Crippen molar-refractivity contribution in [2.75, 3.05) is 0 Å². The predicted molar refractivity (Wildman–Crippen MR) is 64.1 cm³/mol. The fraction of sp³-hybridized carbons (Fsp3) is 0.583. The van der Waals surface area contributed by atoms with E-state index in [4.69, 9.17) is 5.26 Å². The monoisotopic (exact) mass is 249 g/mol. The summed E-state index contributed by atoms with van der Waals surface area (Å²) < 4.78 is 1.41. The minimum Gasteiger partial charge on any atom is -0.391 e. The fourth-order valence-electron chi connectivity index (χ4n) is 2.42. The molecule has 1 aliphatic carbocycles. The van der Waals surface area contributed by atoms with Gasteiger partial charge in [0.1, 0.15) is 0 Å². The topological polar surface area (TPSA) is 98.9 Å². The van der Waals surface area contributed by atoms with Crippen LogP contribution in [0.3, 0.4) is 0 Å². The van der Waals surface area contributed by atoms with E-state index in [1.165, 1.54) is 10.8 Å². The number of H-pyrrole nitrogens is 1. The van der Waals surface area contributed by atoms with Crippen LogP contribution in [-0.4, -0.2) is 20.8 Å². The van der Waals surface area contributed by atoms with Crippen molar-refractivity contribution in [3.05, 3.63) is 32.6 Å². The number of nitrogens with one attached hydrogen (secondary N) is 1. The molecule has 0 spiro atoms. The Labute approximate surface area is 104 Å². The molecule has 0 unspecified atom stereocenters. The van der Waals surface area contributed by atoms with Gasteiger partial charge >= 0.3 is 5.69 Å². The molecule has 0 saturated heterocycles. The molecule has 0 amide bonds. The zero-order chi connectivity index (χ0) is 13.5. The molecule has 1 heterocycles. The molecular weight excluding hydrogens is 234 g/mol. The van der Waals surface area contributed by atoms with E-state index in [2.05, 4.69) is 11.1 Å². The van der Waals surface area contributed by atoms with Gasteiger partial charge in [0.05, 0.1) is 17.6 Å². The Balaban J connectivity index is 2.42. The molecule has 1 aliphatic rings. The zero-order valence-corrected chi connectivity index (χ0v) is 10.3. The summed E-state index contributed by atoms with van der Waals surface area (Å²) in [5, 5.41) is 19.0. The van der Waals surface area contributed by atoms with Crippen molar-refractivity contribution in [2.45, 2.75) is 38.8 Å². The Hall–Kier alpha value is -1.87. The van der Waals surface area contributed by atoms with Gasteiger partial charge in [0.25, 0.3) is 5.56 Å². The Morgan fingerprint density at radius 1 is 1.61 bits per heavy atom. The fourth-order valence-corrected chi connectivity index (χ4v) is 2.42. The molecule has 1 aromatic heterocycles. The number of aryl methyl sites for hydroxylation is 1. The number of aromatic nitrogens is 2. The number of nitriles is 1. The molecular formula is C12H15N3O3. The lowest BCUT2D eigenvalue weighted by Crippen LogP contribution is -2.32. The van der Waals surface area contributed by atoms with Crippen molar-refractivity contribution >= 4 is 0 Å². The minimum atomic E-state index is -0.839. The van der Waals surface area contributed by atoms with Gasteiger partial charge < -0.3 is 5.11 Å². The van der Waals surface area contributed by atoms with Crippen molar-refractivity contribution in [2.24, 2.45) is 5.41 Å². The number of hydrogen-bond donors (Lipinski definition) is 2. The quantitative estimate of drug-likeness (QED) is 0.735. The Morgan fingerprint density at radius 3 is 2.83 bits per heavy atom. The number of aliphatic hydroxyl groups is 1. The highest BCUT2D eigenvalue weighted by atomic mass is 16.3. The molecule has 18 heavy (non-hydrogen) atoms. The van der Waals surface area contributed by atoms with E-state index in [-0.39, 0.29) is 6.04 Å². The summed E-state index contributed by atoms with van der Waals surface area (Å²) in [5.74, 6) is 0. The summed E-state index contributed by atoms with van der Waals surface area (Å²) in [7, 11) is 0. The second-order valence-corrected chi connectivity index (χ2v) is 5.12. The maximum atomic E-state index is 11.7. The van der Waals surface area contributed by atoms with E-state index in [1.807, 2.05) is 0 Å². The van der Waals surface area contributed by atoms with Crippen molar-refractivity contribution in [1.82, 2.24) is 9.55 Å². The summed E-state index contributed by atoms with van der Waals surface area (Å²) in [6.07, 6.45) is 1.47. The molecule has 0 radical (unpaired) electrons. The average Bonchev–Trinajstić information content (AvgIpc) is 2.61. The number of aliphatic hydroxyl groups excluding tert-OH is 1. The highest BCUT2D eigenvalue weighted by molar-refractivity contribution is 5.10. The molecule has 6 nitrogen and oxygen atoms in total. The lowest BCUT2D eigenvalue weighted by Gasteiger charge is -2.18. The third-order valence-corrected chi connectivity index (χ3v) is 3.69. The van der Waals surface area contributed by atoms with Crippen LogP contribution in [0.1, 0.15) is 31.4 Å². The maximum Gasteiger partial charge on any atom is 0.328 e. The lowest BCUT2D eigenvalue weighted by atomic mass is 9.88. The normalized spacial score (nSPS) is 31.2. The number of aromatic amines is 1. The minimum absolute atomic E-state index is 0.257. The number of nitrogens with zero attached hydrogens (tertiary/aromatic N) is 2. The van der Waals surface area contributed by atoms with Crippen molar-refractivity contribution in [3.8, 4) is 6.07 Å². The van der Waals surface area contributed by atoms with Crippen molar-refractivity contribution in [3.63, 3.8) is 0 Å². The van der Waals surface area contributed by atoms with Gasteiger partial charge in [-0.25, -0.2) is 4.79 Å². The van der Waals surface area contributed by atoms with Gasteiger partial charge in [-0.1, -0.05) is 0 Å². The molecule has 1 saturated carbocycles. The third kappa shape index (κ3) is 1.87. The van der Waals surface area contributed by atoms with Crippen LogP contribution < -0.4 is 11.2 Å². The Kier molecular flexibility index (Phi) is 2.87.